The normalized spacial score (nSPS) is 38.2. The van der Waals surface area contributed by atoms with Crippen LogP contribution < -0.4 is 0 Å². The van der Waals surface area contributed by atoms with Gasteiger partial charge < -0.3 is 4.74 Å². The highest BCUT2D eigenvalue weighted by Gasteiger charge is 2.27. The summed E-state index contributed by atoms with van der Waals surface area (Å²) in [4.78, 5) is 0. The maximum atomic E-state index is 5.22. The average Bonchev–Trinajstić information content (AvgIpc) is 2.17. The summed E-state index contributed by atoms with van der Waals surface area (Å²) in [5, 5.41) is 1.07. The smallest absolute Gasteiger partial charge is 0.0528 e. The van der Waals surface area contributed by atoms with Gasteiger partial charge in [0.2, 0.25) is 0 Å². The SMILES string of the molecule is C[C@@]1(CBr)CCOC1. The van der Waals surface area contributed by atoms with Gasteiger partial charge in [0.25, 0.3) is 0 Å². The van der Waals surface area contributed by atoms with E-state index in [-0.39, 0.29) is 0 Å². The highest BCUT2D eigenvalue weighted by atomic mass is 79.9. The van der Waals surface area contributed by atoms with Crippen molar-refractivity contribution >= 4 is 15.9 Å². The maximum absolute atomic E-state index is 5.22. The lowest BCUT2D eigenvalue weighted by molar-refractivity contribution is 0.168. The molecule has 0 aromatic rings. The Labute approximate surface area is 58.5 Å². The predicted molar refractivity (Wildman–Crippen MR) is 37.3 cm³/mol. The van der Waals surface area contributed by atoms with Crippen LogP contribution in [0.5, 0.6) is 0 Å². The van der Waals surface area contributed by atoms with Gasteiger partial charge in [-0.3, -0.25) is 0 Å². The van der Waals surface area contributed by atoms with Crippen LogP contribution in [0, 0.1) is 5.41 Å². The molecule has 0 N–H and O–H groups in total. The molecule has 0 spiro atoms. The van der Waals surface area contributed by atoms with E-state index in [4.69, 9.17) is 4.74 Å². The molecular weight excluding hydrogens is 168 g/mol. The lowest BCUT2D eigenvalue weighted by Crippen LogP contribution is -2.16. The second-order valence-electron chi connectivity index (χ2n) is 2.75. The molecule has 1 heterocycles. The molecule has 1 rings (SSSR count). The van der Waals surface area contributed by atoms with Crippen LogP contribution in [0.15, 0.2) is 0 Å². The first-order chi connectivity index (χ1) is 3.77. The van der Waals surface area contributed by atoms with Crippen LogP contribution in [0.2, 0.25) is 0 Å². The van der Waals surface area contributed by atoms with Crippen molar-refractivity contribution in [3.8, 4) is 0 Å². The van der Waals surface area contributed by atoms with Crippen LogP contribution in [0.4, 0.5) is 0 Å². The topological polar surface area (TPSA) is 9.23 Å². The Morgan fingerprint density at radius 2 is 2.50 bits per heavy atom. The molecule has 8 heavy (non-hydrogen) atoms. The summed E-state index contributed by atoms with van der Waals surface area (Å²) in [5.74, 6) is 0. The second-order valence-corrected chi connectivity index (χ2v) is 3.31. The van der Waals surface area contributed by atoms with E-state index in [1.54, 1.807) is 0 Å². The summed E-state index contributed by atoms with van der Waals surface area (Å²) in [7, 11) is 0. The fraction of sp³-hybridized carbons (Fsp3) is 1.00. The number of alkyl halides is 1. The van der Waals surface area contributed by atoms with Crippen LogP contribution in [0.1, 0.15) is 13.3 Å². The van der Waals surface area contributed by atoms with Gasteiger partial charge in [0.05, 0.1) is 6.61 Å². The molecule has 0 radical (unpaired) electrons. The highest BCUT2D eigenvalue weighted by molar-refractivity contribution is 9.09. The molecule has 2 heteroatoms. The standard InChI is InChI=1S/C6H11BrO/c1-6(4-7)2-3-8-5-6/h2-5H2,1H3/t6-/m0/s1. The Hall–Kier alpha value is 0.440. The zero-order valence-electron chi connectivity index (χ0n) is 5.11. The quantitative estimate of drug-likeness (QED) is 0.557. The Balaban J connectivity index is 2.40. The molecular formula is C6H11BrO. The van der Waals surface area contributed by atoms with E-state index in [0.717, 1.165) is 18.5 Å². The van der Waals surface area contributed by atoms with Gasteiger partial charge in [0.1, 0.15) is 0 Å². The number of ether oxygens (including phenoxy) is 1. The van der Waals surface area contributed by atoms with E-state index >= 15 is 0 Å². The number of rotatable bonds is 1. The molecule has 0 aromatic heterocycles. The van der Waals surface area contributed by atoms with Crippen molar-refractivity contribution < 1.29 is 4.74 Å². The first kappa shape index (κ1) is 6.56. The molecule has 1 fully saturated rings. The second kappa shape index (κ2) is 2.36. The van der Waals surface area contributed by atoms with Crippen molar-refractivity contribution in [1.82, 2.24) is 0 Å². The van der Waals surface area contributed by atoms with Crippen LogP contribution >= 0.6 is 15.9 Å². The van der Waals surface area contributed by atoms with Gasteiger partial charge in [-0.25, -0.2) is 0 Å². The summed E-state index contributed by atoms with van der Waals surface area (Å²) in [6, 6.07) is 0. The summed E-state index contributed by atoms with van der Waals surface area (Å²) in [6.45, 7) is 4.12. The summed E-state index contributed by atoms with van der Waals surface area (Å²) in [5.41, 5.74) is 0.431. The zero-order valence-corrected chi connectivity index (χ0v) is 6.70. The van der Waals surface area contributed by atoms with Crippen molar-refractivity contribution in [1.29, 1.82) is 0 Å². The fourth-order valence-electron chi connectivity index (χ4n) is 0.815. The average molecular weight is 179 g/mol. The van der Waals surface area contributed by atoms with Gasteiger partial charge in [-0.05, 0) is 6.42 Å². The molecule has 1 nitrogen and oxygen atoms in total. The van der Waals surface area contributed by atoms with Gasteiger partial charge in [0, 0.05) is 17.4 Å². The van der Waals surface area contributed by atoms with E-state index in [2.05, 4.69) is 22.9 Å². The first-order valence-electron chi connectivity index (χ1n) is 2.91. The highest BCUT2D eigenvalue weighted by Crippen LogP contribution is 2.29. The summed E-state index contributed by atoms with van der Waals surface area (Å²) in [6.07, 6.45) is 1.21. The van der Waals surface area contributed by atoms with Gasteiger partial charge in [-0.1, -0.05) is 22.9 Å². The minimum atomic E-state index is 0.431. The third-order valence-corrected chi connectivity index (χ3v) is 2.98. The zero-order chi connectivity index (χ0) is 6.04. The predicted octanol–water partition coefficient (Wildman–Crippen LogP) is 1.81. The number of hydrogen-bond donors (Lipinski definition) is 0. The molecule has 0 unspecified atom stereocenters. The summed E-state index contributed by atoms with van der Waals surface area (Å²) < 4.78 is 5.22. The van der Waals surface area contributed by atoms with Gasteiger partial charge >= 0.3 is 0 Å². The van der Waals surface area contributed by atoms with Crippen LogP contribution in [-0.4, -0.2) is 18.5 Å². The van der Waals surface area contributed by atoms with Gasteiger partial charge in [0.15, 0.2) is 0 Å². The Kier molecular flexibility index (Phi) is 1.93. The third kappa shape index (κ3) is 1.23. The van der Waals surface area contributed by atoms with Crippen molar-refractivity contribution in [2.24, 2.45) is 5.41 Å². The van der Waals surface area contributed by atoms with Gasteiger partial charge in [-0.15, -0.1) is 0 Å². The first-order valence-corrected chi connectivity index (χ1v) is 4.03. The lowest BCUT2D eigenvalue weighted by Gasteiger charge is -2.16. The molecule has 0 aliphatic carbocycles. The molecule has 0 saturated carbocycles. The molecule has 0 bridgehead atoms. The van der Waals surface area contributed by atoms with Crippen molar-refractivity contribution in [2.45, 2.75) is 13.3 Å². The number of hydrogen-bond acceptors (Lipinski definition) is 1. The summed E-state index contributed by atoms with van der Waals surface area (Å²) >= 11 is 3.45. The molecule has 1 aliphatic rings. The Bertz CT molecular complexity index is 76.6. The molecule has 1 saturated heterocycles. The largest absolute Gasteiger partial charge is 0.381 e. The monoisotopic (exact) mass is 178 g/mol. The van der Waals surface area contributed by atoms with E-state index in [0.29, 0.717) is 5.41 Å². The molecule has 0 amide bonds. The van der Waals surface area contributed by atoms with E-state index in [1.807, 2.05) is 0 Å². The van der Waals surface area contributed by atoms with Crippen molar-refractivity contribution in [3.63, 3.8) is 0 Å². The Morgan fingerprint density at radius 1 is 1.75 bits per heavy atom. The molecule has 48 valence electrons. The van der Waals surface area contributed by atoms with Crippen LogP contribution in [0.3, 0.4) is 0 Å². The van der Waals surface area contributed by atoms with E-state index in [1.165, 1.54) is 6.42 Å². The maximum Gasteiger partial charge on any atom is 0.0528 e. The minimum Gasteiger partial charge on any atom is -0.381 e. The van der Waals surface area contributed by atoms with E-state index < -0.39 is 0 Å². The van der Waals surface area contributed by atoms with Crippen molar-refractivity contribution in [2.75, 3.05) is 18.5 Å². The molecule has 1 atom stereocenters. The van der Waals surface area contributed by atoms with E-state index in [9.17, 15) is 0 Å². The van der Waals surface area contributed by atoms with Crippen molar-refractivity contribution in [3.05, 3.63) is 0 Å². The molecule has 0 aromatic carbocycles. The number of halogens is 1. The van der Waals surface area contributed by atoms with Crippen LogP contribution in [0.25, 0.3) is 0 Å². The third-order valence-electron chi connectivity index (χ3n) is 1.62. The van der Waals surface area contributed by atoms with Crippen LogP contribution in [-0.2, 0) is 4.74 Å². The van der Waals surface area contributed by atoms with Gasteiger partial charge in [-0.2, -0.15) is 0 Å². The fourth-order valence-corrected chi connectivity index (χ4v) is 1.26. The molecule has 1 aliphatic heterocycles. The Morgan fingerprint density at radius 3 is 2.75 bits per heavy atom. The lowest BCUT2D eigenvalue weighted by atomic mass is 9.93. The minimum absolute atomic E-state index is 0.431.